The molecule has 0 spiro atoms. The van der Waals surface area contributed by atoms with Crippen molar-refractivity contribution in [1.29, 1.82) is 0 Å². The highest BCUT2D eigenvalue weighted by Gasteiger charge is 2.09. The van der Waals surface area contributed by atoms with Crippen molar-refractivity contribution in [2.75, 3.05) is 26.0 Å². The highest BCUT2D eigenvalue weighted by molar-refractivity contribution is 5.92. The molecule has 0 aliphatic rings. The zero-order valence-electron chi connectivity index (χ0n) is 11.5. The Morgan fingerprint density at radius 1 is 1.39 bits per heavy atom. The van der Waals surface area contributed by atoms with Gasteiger partial charge >= 0.3 is 0 Å². The molecular weight excluding hydrogens is 228 g/mol. The van der Waals surface area contributed by atoms with Gasteiger partial charge in [-0.1, -0.05) is 19.9 Å². The molecule has 2 N–H and O–H groups in total. The van der Waals surface area contributed by atoms with Crippen molar-refractivity contribution >= 4 is 11.6 Å². The molecule has 4 nitrogen and oxygen atoms in total. The Kier molecular flexibility index (Phi) is 5.65. The van der Waals surface area contributed by atoms with Gasteiger partial charge in [0.1, 0.15) is 5.75 Å². The van der Waals surface area contributed by atoms with Crippen molar-refractivity contribution in [2.24, 2.45) is 0 Å². The monoisotopic (exact) mass is 250 g/mol. The summed E-state index contributed by atoms with van der Waals surface area (Å²) in [6, 6.07) is 5.88. The summed E-state index contributed by atoms with van der Waals surface area (Å²) in [6.45, 7) is 4.91. The van der Waals surface area contributed by atoms with Crippen molar-refractivity contribution in [2.45, 2.75) is 26.2 Å². The minimum Gasteiger partial charge on any atom is -0.495 e. The summed E-state index contributed by atoms with van der Waals surface area (Å²) < 4.78 is 5.31. The first-order valence-corrected chi connectivity index (χ1v) is 6.21. The number of rotatable bonds is 6. The number of carbonyl (C=O) groups is 1. The summed E-state index contributed by atoms with van der Waals surface area (Å²) in [4.78, 5) is 11.7. The number of anilines is 1. The van der Waals surface area contributed by atoms with Gasteiger partial charge in [0.05, 0.1) is 12.8 Å². The van der Waals surface area contributed by atoms with Crippen molar-refractivity contribution in [3.8, 4) is 5.75 Å². The number of benzene rings is 1. The van der Waals surface area contributed by atoms with Crippen LogP contribution in [0.2, 0.25) is 0 Å². The fraction of sp³-hybridized carbons (Fsp3) is 0.500. The van der Waals surface area contributed by atoms with Crippen molar-refractivity contribution < 1.29 is 9.53 Å². The lowest BCUT2D eigenvalue weighted by molar-refractivity contribution is -0.116. The molecule has 0 saturated carbocycles. The minimum atomic E-state index is -0.0139. The molecule has 0 aliphatic heterocycles. The van der Waals surface area contributed by atoms with Gasteiger partial charge < -0.3 is 15.4 Å². The number of ether oxygens (including phenoxy) is 1. The molecule has 0 heterocycles. The third-order valence-corrected chi connectivity index (χ3v) is 2.77. The van der Waals surface area contributed by atoms with Gasteiger partial charge in [-0.2, -0.15) is 0 Å². The van der Waals surface area contributed by atoms with Crippen LogP contribution in [0.15, 0.2) is 18.2 Å². The molecule has 1 amide bonds. The Morgan fingerprint density at radius 2 is 2.11 bits per heavy atom. The first-order chi connectivity index (χ1) is 8.58. The third kappa shape index (κ3) is 4.04. The lowest BCUT2D eigenvalue weighted by Gasteiger charge is -2.13. The summed E-state index contributed by atoms with van der Waals surface area (Å²) in [5, 5.41) is 5.80. The van der Waals surface area contributed by atoms with Crippen LogP contribution in [0.1, 0.15) is 31.7 Å². The molecule has 4 heteroatoms. The average Bonchev–Trinajstić information content (AvgIpc) is 2.36. The highest BCUT2D eigenvalue weighted by atomic mass is 16.5. The molecule has 1 aromatic rings. The van der Waals surface area contributed by atoms with E-state index in [1.807, 2.05) is 25.2 Å². The maximum absolute atomic E-state index is 11.7. The summed E-state index contributed by atoms with van der Waals surface area (Å²) in [5.41, 5.74) is 1.92. The van der Waals surface area contributed by atoms with Crippen LogP contribution in [-0.4, -0.2) is 26.6 Å². The largest absolute Gasteiger partial charge is 0.495 e. The normalized spacial score (nSPS) is 10.5. The molecule has 1 rings (SSSR count). The van der Waals surface area contributed by atoms with Crippen LogP contribution in [0.4, 0.5) is 5.69 Å². The van der Waals surface area contributed by atoms with Crippen molar-refractivity contribution in [3.05, 3.63) is 23.8 Å². The summed E-state index contributed by atoms with van der Waals surface area (Å²) in [6.07, 6.45) is 0.450. The van der Waals surface area contributed by atoms with Crippen LogP contribution in [0.3, 0.4) is 0 Å². The molecule has 0 aromatic heterocycles. The lowest BCUT2D eigenvalue weighted by Crippen LogP contribution is -2.19. The van der Waals surface area contributed by atoms with Gasteiger partial charge in [0.2, 0.25) is 5.91 Å². The van der Waals surface area contributed by atoms with E-state index >= 15 is 0 Å². The Bertz CT molecular complexity index is 403. The first-order valence-electron chi connectivity index (χ1n) is 6.21. The maximum Gasteiger partial charge on any atom is 0.225 e. The predicted octanol–water partition coefficient (Wildman–Crippen LogP) is 2.37. The van der Waals surface area contributed by atoms with E-state index in [2.05, 4.69) is 24.5 Å². The lowest BCUT2D eigenvalue weighted by atomic mass is 10.0. The molecule has 100 valence electrons. The number of hydrogen-bond donors (Lipinski definition) is 2. The fourth-order valence-electron chi connectivity index (χ4n) is 1.62. The van der Waals surface area contributed by atoms with Gasteiger partial charge in [0, 0.05) is 13.0 Å². The third-order valence-electron chi connectivity index (χ3n) is 2.77. The molecule has 0 saturated heterocycles. The maximum atomic E-state index is 11.7. The van der Waals surface area contributed by atoms with E-state index in [0.29, 0.717) is 24.6 Å². The number of carbonyl (C=O) groups excluding carboxylic acids is 1. The second-order valence-corrected chi connectivity index (χ2v) is 4.52. The topological polar surface area (TPSA) is 50.4 Å². The van der Waals surface area contributed by atoms with E-state index in [-0.39, 0.29) is 5.91 Å². The molecule has 0 atom stereocenters. The quantitative estimate of drug-likeness (QED) is 0.815. The van der Waals surface area contributed by atoms with Gasteiger partial charge in [-0.3, -0.25) is 4.79 Å². The molecule has 18 heavy (non-hydrogen) atoms. The van der Waals surface area contributed by atoms with Crippen LogP contribution in [0.5, 0.6) is 5.75 Å². The van der Waals surface area contributed by atoms with Gasteiger partial charge in [0.15, 0.2) is 0 Å². The molecular formula is C14H22N2O2. The zero-order valence-corrected chi connectivity index (χ0v) is 11.5. The van der Waals surface area contributed by atoms with Gasteiger partial charge in [-0.15, -0.1) is 0 Å². The van der Waals surface area contributed by atoms with Crippen LogP contribution in [0.25, 0.3) is 0 Å². The average molecular weight is 250 g/mol. The Morgan fingerprint density at radius 3 is 2.67 bits per heavy atom. The van der Waals surface area contributed by atoms with Crippen molar-refractivity contribution in [1.82, 2.24) is 5.32 Å². The summed E-state index contributed by atoms with van der Waals surface area (Å²) in [7, 11) is 3.44. The van der Waals surface area contributed by atoms with Crippen molar-refractivity contribution in [3.63, 3.8) is 0 Å². The van der Waals surface area contributed by atoms with Gasteiger partial charge in [-0.05, 0) is 30.7 Å². The molecule has 0 radical (unpaired) electrons. The second-order valence-electron chi connectivity index (χ2n) is 4.52. The van der Waals surface area contributed by atoms with E-state index in [1.54, 1.807) is 7.11 Å². The molecule has 0 aliphatic carbocycles. The molecule has 0 unspecified atom stereocenters. The number of amides is 1. The standard InChI is InChI=1S/C14H22N2O2/c1-10(2)11-5-6-12(13(9-11)18-4)16-14(17)7-8-15-3/h5-6,9-10,15H,7-8H2,1-4H3,(H,16,17). The Balaban J connectivity index is 2.79. The van der Waals surface area contributed by atoms with E-state index in [0.717, 1.165) is 5.69 Å². The fourth-order valence-corrected chi connectivity index (χ4v) is 1.62. The summed E-state index contributed by atoms with van der Waals surface area (Å²) in [5.74, 6) is 1.13. The zero-order chi connectivity index (χ0) is 13.5. The molecule has 1 aromatic carbocycles. The predicted molar refractivity (Wildman–Crippen MR) is 74.3 cm³/mol. The van der Waals surface area contributed by atoms with Crippen LogP contribution < -0.4 is 15.4 Å². The first kappa shape index (κ1) is 14.5. The van der Waals surface area contributed by atoms with E-state index in [4.69, 9.17) is 4.74 Å². The van der Waals surface area contributed by atoms with E-state index in [9.17, 15) is 4.79 Å². The van der Waals surface area contributed by atoms with Crippen LogP contribution in [0, 0.1) is 0 Å². The SMILES string of the molecule is CNCCC(=O)Nc1ccc(C(C)C)cc1OC. The molecule has 0 fully saturated rings. The summed E-state index contributed by atoms with van der Waals surface area (Å²) >= 11 is 0. The van der Waals surface area contributed by atoms with Gasteiger partial charge in [0.25, 0.3) is 0 Å². The minimum absolute atomic E-state index is 0.0139. The number of nitrogens with one attached hydrogen (secondary N) is 2. The van der Waals surface area contributed by atoms with Crippen LogP contribution >= 0.6 is 0 Å². The second kappa shape index (κ2) is 7.01. The van der Waals surface area contributed by atoms with Crippen LogP contribution in [-0.2, 0) is 4.79 Å². The van der Waals surface area contributed by atoms with E-state index in [1.165, 1.54) is 5.56 Å². The smallest absolute Gasteiger partial charge is 0.225 e. The number of hydrogen-bond acceptors (Lipinski definition) is 3. The molecule has 0 bridgehead atoms. The Labute approximate surface area is 109 Å². The Hall–Kier alpha value is -1.55. The van der Waals surface area contributed by atoms with E-state index < -0.39 is 0 Å². The highest BCUT2D eigenvalue weighted by Crippen LogP contribution is 2.28. The van der Waals surface area contributed by atoms with Gasteiger partial charge in [-0.25, -0.2) is 0 Å². The number of methoxy groups -OCH3 is 1.